The van der Waals surface area contributed by atoms with Crippen molar-refractivity contribution in [1.82, 2.24) is 4.90 Å². The summed E-state index contributed by atoms with van der Waals surface area (Å²) in [6.45, 7) is 3.98. The third-order valence-corrected chi connectivity index (χ3v) is 4.23. The van der Waals surface area contributed by atoms with Crippen LogP contribution in [0.1, 0.15) is 42.2 Å². The number of carbonyl (C=O) groups is 1. The second-order valence-corrected chi connectivity index (χ2v) is 5.67. The molecule has 0 N–H and O–H groups in total. The molecular weight excluding hydrogens is 288 g/mol. The average molecular weight is 306 g/mol. The summed E-state index contributed by atoms with van der Waals surface area (Å²) in [7, 11) is 0. The molecule has 4 heteroatoms. The first-order valence-corrected chi connectivity index (χ1v) is 7.74. The van der Waals surface area contributed by atoms with Gasteiger partial charge in [-0.15, -0.1) is 0 Å². The average Bonchev–Trinajstić information content (AvgIpc) is 2.86. The highest BCUT2D eigenvalue weighted by molar-refractivity contribution is 6.00. The van der Waals surface area contributed by atoms with Crippen molar-refractivity contribution in [3.8, 4) is 17.6 Å². The summed E-state index contributed by atoms with van der Waals surface area (Å²) in [6, 6.07) is 16.5. The molecule has 0 saturated heterocycles. The van der Waals surface area contributed by atoms with Gasteiger partial charge in [0.1, 0.15) is 17.5 Å². The van der Waals surface area contributed by atoms with Gasteiger partial charge in [0.2, 0.25) is 0 Å². The van der Waals surface area contributed by atoms with E-state index in [9.17, 15) is 10.1 Å². The largest absolute Gasteiger partial charge is 0.457 e. The number of nitriles is 1. The summed E-state index contributed by atoms with van der Waals surface area (Å²) >= 11 is 0. The third-order valence-electron chi connectivity index (χ3n) is 4.23. The first kappa shape index (κ1) is 15.1. The Hall–Kier alpha value is -2.80. The molecule has 2 unspecified atom stereocenters. The van der Waals surface area contributed by atoms with Crippen molar-refractivity contribution in [1.29, 1.82) is 5.26 Å². The molecule has 1 amide bonds. The van der Waals surface area contributed by atoms with Gasteiger partial charge in [-0.25, -0.2) is 0 Å². The predicted molar refractivity (Wildman–Crippen MR) is 87.2 cm³/mol. The summed E-state index contributed by atoms with van der Waals surface area (Å²) in [4.78, 5) is 14.2. The number of amides is 1. The van der Waals surface area contributed by atoms with Crippen molar-refractivity contribution in [3.05, 3.63) is 59.7 Å². The van der Waals surface area contributed by atoms with Crippen LogP contribution in [0, 0.1) is 11.3 Å². The number of carbonyl (C=O) groups excluding carboxylic acids is 1. The van der Waals surface area contributed by atoms with Gasteiger partial charge in [0.05, 0.1) is 6.07 Å². The molecule has 0 radical (unpaired) electrons. The van der Waals surface area contributed by atoms with E-state index in [1.54, 1.807) is 23.1 Å². The monoisotopic (exact) mass is 306 g/mol. The van der Waals surface area contributed by atoms with Crippen molar-refractivity contribution in [2.75, 3.05) is 0 Å². The molecule has 0 bridgehead atoms. The highest BCUT2D eigenvalue weighted by Crippen LogP contribution is 2.38. The number of fused-ring (bicyclic) bond motifs is 1. The number of nitrogens with zero attached hydrogens (tertiary/aromatic N) is 2. The molecule has 2 aromatic carbocycles. The maximum absolute atomic E-state index is 12.6. The number of ether oxygens (including phenoxy) is 1. The van der Waals surface area contributed by atoms with E-state index in [0.29, 0.717) is 11.3 Å². The van der Waals surface area contributed by atoms with Crippen molar-refractivity contribution >= 4 is 5.91 Å². The Morgan fingerprint density at radius 3 is 2.61 bits per heavy atom. The van der Waals surface area contributed by atoms with E-state index < -0.39 is 6.04 Å². The molecule has 2 aromatic rings. The highest BCUT2D eigenvalue weighted by Gasteiger charge is 2.39. The summed E-state index contributed by atoms with van der Waals surface area (Å²) in [6.07, 6.45) is 0.811. The van der Waals surface area contributed by atoms with Gasteiger partial charge in [0.15, 0.2) is 0 Å². The van der Waals surface area contributed by atoms with Gasteiger partial charge in [-0.05, 0) is 43.7 Å². The van der Waals surface area contributed by atoms with E-state index in [2.05, 4.69) is 6.07 Å². The second kappa shape index (κ2) is 6.13. The van der Waals surface area contributed by atoms with E-state index in [4.69, 9.17) is 4.74 Å². The van der Waals surface area contributed by atoms with Gasteiger partial charge < -0.3 is 9.64 Å². The lowest BCUT2D eigenvalue weighted by Crippen LogP contribution is -2.35. The van der Waals surface area contributed by atoms with Crippen LogP contribution in [0.15, 0.2) is 48.5 Å². The van der Waals surface area contributed by atoms with Crippen molar-refractivity contribution < 1.29 is 9.53 Å². The van der Waals surface area contributed by atoms with Crippen LogP contribution in [0.25, 0.3) is 0 Å². The predicted octanol–water partition coefficient (Wildman–Crippen LogP) is 4.30. The van der Waals surface area contributed by atoms with Gasteiger partial charge in [-0.2, -0.15) is 5.26 Å². The fraction of sp³-hybridized carbons (Fsp3) is 0.263. The molecule has 1 aliphatic rings. The van der Waals surface area contributed by atoms with Crippen molar-refractivity contribution in [2.24, 2.45) is 0 Å². The van der Waals surface area contributed by atoms with Gasteiger partial charge in [-0.3, -0.25) is 4.79 Å². The minimum absolute atomic E-state index is 0.0260. The van der Waals surface area contributed by atoms with Crippen LogP contribution in [-0.2, 0) is 0 Å². The smallest absolute Gasteiger partial charge is 0.255 e. The molecule has 1 aliphatic heterocycles. The molecule has 1 heterocycles. The van der Waals surface area contributed by atoms with Gasteiger partial charge >= 0.3 is 0 Å². The Balaban J connectivity index is 1.95. The minimum Gasteiger partial charge on any atom is -0.457 e. The lowest BCUT2D eigenvalue weighted by atomic mass is 10.0. The molecule has 0 aromatic heterocycles. The van der Waals surface area contributed by atoms with Gasteiger partial charge in [0.25, 0.3) is 5.91 Å². The topological polar surface area (TPSA) is 53.3 Å². The molecule has 116 valence electrons. The van der Waals surface area contributed by atoms with Crippen LogP contribution in [0.3, 0.4) is 0 Å². The van der Waals surface area contributed by atoms with Crippen LogP contribution in [0.5, 0.6) is 11.5 Å². The first-order chi connectivity index (χ1) is 11.2. The van der Waals surface area contributed by atoms with Gasteiger partial charge in [-0.1, -0.05) is 25.1 Å². The molecule has 0 spiro atoms. The molecule has 0 fully saturated rings. The van der Waals surface area contributed by atoms with E-state index in [1.165, 1.54) is 0 Å². The van der Waals surface area contributed by atoms with Crippen molar-refractivity contribution in [3.63, 3.8) is 0 Å². The molecule has 0 saturated carbocycles. The fourth-order valence-electron chi connectivity index (χ4n) is 2.84. The number of hydrogen-bond acceptors (Lipinski definition) is 3. The molecule has 3 rings (SSSR count). The lowest BCUT2D eigenvalue weighted by molar-refractivity contribution is 0.0684. The zero-order valence-corrected chi connectivity index (χ0v) is 13.2. The molecule has 2 atom stereocenters. The van der Waals surface area contributed by atoms with E-state index in [0.717, 1.165) is 17.7 Å². The van der Waals surface area contributed by atoms with E-state index in [-0.39, 0.29) is 11.9 Å². The summed E-state index contributed by atoms with van der Waals surface area (Å²) < 4.78 is 5.81. The lowest BCUT2D eigenvalue weighted by Gasteiger charge is -2.26. The molecule has 0 aliphatic carbocycles. The zero-order valence-electron chi connectivity index (χ0n) is 13.2. The quantitative estimate of drug-likeness (QED) is 0.846. The van der Waals surface area contributed by atoms with E-state index >= 15 is 0 Å². The van der Waals surface area contributed by atoms with Crippen LogP contribution in [-0.4, -0.2) is 16.8 Å². The number of para-hydroxylation sites is 1. The van der Waals surface area contributed by atoms with Crippen LogP contribution < -0.4 is 4.74 Å². The Labute approximate surface area is 135 Å². The zero-order chi connectivity index (χ0) is 16.4. The normalized spacial score (nSPS) is 17.5. The van der Waals surface area contributed by atoms with Crippen LogP contribution in [0.2, 0.25) is 0 Å². The first-order valence-electron chi connectivity index (χ1n) is 7.74. The molecular formula is C19H18N2O2. The maximum atomic E-state index is 12.6. The Bertz CT molecular complexity index is 765. The van der Waals surface area contributed by atoms with Crippen molar-refractivity contribution in [2.45, 2.75) is 32.4 Å². The van der Waals surface area contributed by atoms with Crippen LogP contribution >= 0.6 is 0 Å². The SMILES string of the molecule is CCC(C)N1C(=O)c2ccc(Oc3ccccc3)cc2C1C#N. The number of rotatable bonds is 4. The second-order valence-electron chi connectivity index (χ2n) is 5.67. The number of hydrogen-bond donors (Lipinski definition) is 0. The minimum atomic E-state index is -0.549. The summed E-state index contributed by atoms with van der Waals surface area (Å²) in [5.74, 6) is 1.28. The highest BCUT2D eigenvalue weighted by atomic mass is 16.5. The summed E-state index contributed by atoms with van der Waals surface area (Å²) in [5.41, 5.74) is 1.32. The van der Waals surface area contributed by atoms with E-state index in [1.807, 2.05) is 44.2 Å². The molecule has 23 heavy (non-hydrogen) atoms. The standard InChI is InChI=1S/C19H18N2O2/c1-3-13(2)21-18(12-20)17-11-15(9-10-16(17)19(21)22)23-14-7-5-4-6-8-14/h4-11,13,18H,3H2,1-2H3. The Kier molecular flexibility index (Phi) is 4.03. The maximum Gasteiger partial charge on any atom is 0.255 e. The molecule has 4 nitrogen and oxygen atoms in total. The number of benzene rings is 2. The Morgan fingerprint density at radius 1 is 1.22 bits per heavy atom. The summed E-state index contributed by atoms with van der Waals surface area (Å²) in [5, 5.41) is 9.54. The van der Waals surface area contributed by atoms with Crippen LogP contribution in [0.4, 0.5) is 0 Å². The van der Waals surface area contributed by atoms with Gasteiger partial charge in [0, 0.05) is 17.2 Å². The third kappa shape index (κ3) is 2.66. The Morgan fingerprint density at radius 2 is 1.96 bits per heavy atom. The fourth-order valence-corrected chi connectivity index (χ4v) is 2.84.